The zero-order chi connectivity index (χ0) is 11.8. The topological polar surface area (TPSA) is 69.6 Å². The van der Waals surface area contributed by atoms with E-state index in [4.69, 9.17) is 5.11 Å². The monoisotopic (exact) mass is 248 g/mol. The predicted molar refractivity (Wildman–Crippen MR) is 61.1 cm³/mol. The zero-order valence-corrected chi connectivity index (χ0v) is 10.5. The first-order chi connectivity index (χ1) is 7.45. The van der Waals surface area contributed by atoms with Gasteiger partial charge in [0.1, 0.15) is 0 Å². The molecule has 2 rings (SSSR count). The maximum absolute atomic E-state index is 12.0. The summed E-state index contributed by atoms with van der Waals surface area (Å²) in [6, 6.07) is 0. The van der Waals surface area contributed by atoms with Gasteiger partial charge < -0.3 is 5.11 Å². The molecule has 0 aromatic rings. The van der Waals surface area contributed by atoms with E-state index in [1.54, 1.807) is 0 Å². The molecule has 16 heavy (non-hydrogen) atoms. The van der Waals surface area contributed by atoms with Crippen molar-refractivity contribution in [3.8, 4) is 0 Å². The summed E-state index contributed by atoms with van der Waals surface area (Å²) in [6.07, 6.45) is 3.59. The van der Waals surface area contributed by atoms with E-state index >= 15 is 0 Å². The number of hydrogen-bond acceptors (Lipinski definition) is 3. The minimum Gasteiger partial charge on any atom is -0.396 e. The quantitative estimate of drug-likeness (QED) is 0.740. The van der Waals surface area contributed by atoms with Crippen LogP contribution in [0.5, 0.6) is 0 Å². The Balaban J connectivity index is 1.99. The fraction of sp³-hybridized carbons (Fsp3) is 1.00. The average molecular weight is 248 g/mol. The van der Waals surface area contributed by atoms with Crippen molar-refractivity contribution >= 4 is 10.2 Å². The second-order valence-corrected chi connectivity index (χ2v) is 6.89. The molecule has 5 nitrogen and oxygen atoms in total. The number of aliphatic hydroxyl groups is 1. The highest BCUT2D eigenvalue weighted by atomic mass is 32.2. The van der Waals surface area contributed by atoms with E-state index in [-0.39, 0.29) is 18.1 Å². The van der Waals surface area contributed by atoms with E-state index in [0.29, 0.717) is 13.1 Å². The van der Waals surface area contributed by atoms with Crippen LogP contribution in [0.25, 0.3) is 0 Å². The number of piperidine rings is 1. The standard InChI is InChI=1S/C10H20N2O3S/c1-10(4-5-10)11-16(14,15)12-6-2-3-9(7-12)8-13/h9,11,13H,2-8H2,1H3. The van der Waals surface area contributed by atoms with E-state index in [2.05, 4.69) is 4.72 Å². The second-order valence-electron chi connectivity index (χ2n) is 5.22. The summed E-state index contributed by atoms with van der Waals surface area (Å²) in [5.74, 6) is 0.0948. The number of nitrogens with zero attached hydrogens (tertiary/aromatic N) is 1. The number of nitrogens with one attached hydrogen (secondary N) is 1. The van der Waals surface area contributed by atoms with Gasteiger partial charge in [-0.3, -0.25) is 0 Å². The number of hydrogen-bond donors (Lipinski definition) is 2. The third-order valence-corrected chi connectivity index (χ3v) is 5.22. The van der Waals surface area contributed by atoms with Gasteiger partial charge in [0.2, 0.25) is 0 Å². The first kappa shape index (κ1) is 12.3. The molecule has 0 bridgehead atoms. The molecule has 0 aromatic heterocycles. The van der Waals surface area contributed by atoms with Crippen molar-refractivity contribution in [3.63, 3.8) is 0 Å². The zero-order valence-electron chi connectivity index (χ0n) is 9.65. The molecule has 1 heterocycles. The molecule has 1 saturated carbocycles. The highest BCUT2D eigenvalue weighted by Crippen LogP contribution is 2.35. The smallest absolute Gasteiger partial charge is 0.279 e. The van der Waals surface area contributed by atoms with Gasteiger partial charge in [-0.2, -0.15) is 17.4 Å². The van der Waals surface area contributed by atoms with Gasteiger partial charge >= 0.3 is 0 Å². The van der Waals surface area contributed by atoms with Gasteiger partial charge in [0.05, 0.1) is 0 Å². The van der Waals surface area contributed by atoms with Gasteiger partial charge in [0.15, 0.2) is 0 Å². The minimum atomic E-state index is -3.35. The molecular formula is C10H20N2O3S. The molecule has 1 saturated heterocycles. The van der Waals surface area contributed by atoms with Crippen molar-refractivity contribution in [1.82, 2.24) is 9.03 Å². The van der Waals surface area contributed by atoms with Gasteiger partial charge in [0.25, 0.3) is 10.2 Å². The lowest BCUT2D eigenvalue weighted by atomic mass is 10.0. The van der Waals surface area contributed by atoms with Crippen molar-refractivity contribution < 1.29 is 13.5 Å². The molecule has 0 amide bonds. The van der Waals surface area contributed by atoms with Crippen LogP contribution in [0.15, 0.2) is 0 Å². The van der Waals surface area contributed by atoms with Gasteiger partial charge in [-0.15, -0.1) is 0 Å². The minimum absolute atomic E-state index is 0.0727. The summed E-state index contributed by atoms with van der Waals surface area (Å²) in [7, 11) is -3.35. The lowest BCUT2D eigenvalue weighted by Crippen LogP contribution is -2.49. The summed E-state index contributed by atoms with van der Waals surface area (Å²) >= 11 is 0. The lowest BCUT2D eigenvalue weighted by Gasteiger charge is -2.31. The van der Waals surface area contributed by atoms with Crippen LogP contribution in [-0.4, -0.2) is 43.1 Å². The summed E-state index contributed by atoms with van der Waals surface area (Å²) in [4.78, 5) is 0. The summed E-state index contributed by atoms with van der Waals surface area (Å²) in [5, 5.41) is 9.08. The Hall–Kier alpha value is -0.170. The highest BCUT2D eigenvalue weighted by molar-refractivity contribution is 7.87. The summed E-state index contributed by atoms with van der Waals surface area (Å²) in [6.45, 7) is 3.02. The van der Waals surface area contributed by atoms with Gasteiger partial charge in [0, 0.05) is 25.2 Å². The Bertz CT molecular complexity index is 351. The molecule has 0 radical (unpaired) electrons. The first-order valence-electron chi connectivity index (χ1n) is 5.85. The molecule has 2 aliphatic rings. The van der Waals surface area contributed by atoms with Crippen molar-refractivity contribution in [1.29, 1.82) is 0 Å². The molecular weight excluding hydrogens is 228 g/mol. The van der Waals surface area contributed by atoms with Gasteiger partial charge in [-0.1, -0.05) is 0 Å². The molecule has 1 atom stereocenters. The SMILES string of the molecule is CC1(NS(=O)(=O)N2CCCC(CO)C2)CC1. The fourth-order valence-electron chi connectivity index (χ4n) is 2.06. The van der Waals surface area contributed by atoms with Crippen molar-refractivity contribution in [3.05, 3.63) is 0 Å². The molecule has 1 unspecified atom stereocenters. The Morgan fingerprint density at radius 2 is 2.19 bits per heavy atom. The molecule has 6 heteroatoms. The molecule has 94 valence electrons. The molecule has 2 fully saturated rings. The molecule has 0 aromatic carbocycles. The van der Waals surface area contributed by atoms with E-state index < -0.39 is 10.2 Å². The van der Waals surface area contributed by atoms with Crippen LogP contribution < -0.4 is 4.72 Å². The summed E-state index contributed by atoms with van der Waals surface area (Å²) in [5.41, 5.74) is -0.217. The Morgan fingerprint density at radius 3 is 2.75 bits per heavy atom. The lowest BCUT2D eigenvalue weighted by molar-refractivity contribution is 0.164. The van der Waals surface area contributed by atoms with E-state index in [1.807, 2.05) is 6.92 Å². The maximum atomic E-state index is 12.0. The van der Waals surface area contributed by atoms with Crippen LogP contribution in [-0.2, 0) is 10.2 Å². The number of rotatable bonds is 4. The van der Waals surface area contributed by atoms with Crippen molar-refractivity contribution in [2.75, 3.05) is 19.7 Å². The van der Waals surface area contributed by atoms with Crippen LogP contribution in [0.3, 0.4) is 0 Å². The Labute approximate surface area is 97.0 Å². The third kappa shape index (κ3) is 2.74. The third-order valence-electron chi connectivity index (χ3n) is 3.46. The highest BCUT2D eigenvalue weighted by Gasteiger charge is 2.43. The van der Waals surface area contributed by atoms with Crippen molar-refractivity contribution in [2.24, 2.45) is 5.92 Å². The van der Waals surface area contributed by atoms with Gasteiger partial charge in [-0.25, -0.2) is 0 Å². The number of aliphatic hydroxyl groups excluding tert-OH is 1. The fourth-order valence-corrected chi connectivity index (χ4v) is 3.79. The summed E-state index contributed by atoms with van der Waals surface area (Å²) < 4.78 is 28.3. The Morgan fingerprint density at radius 1 is 1.50 bits per heavy atom. The first-order valence-corrected chi connectivity index (χ1v) is 7.29. The predicted octanol–water partition coefficient (Wildman–Crippen LogP) is 0.0776. The van der Waals surface area contributed by atoms with Crippen LogP contribution in [0.4, 0.5) is 0 Å². The van der Waals surface area contributed by atoms with Crippen molar-refractivity contribution in [2.45, 2.75) is 38.1 Å². The van der Waals surface area contributed by atoms with Crippen LogP contribution >= 0.6 is 0 Å². The molecule has 1 aliphatic heterocycles. The van der Waals surface area contributed by atoms with E-state index in [9.17, 15) is 8.42 Å². The molecule has 2 N–H and O–H groups in total. The van der Waals surface area contributed by atoms with E-state index in [1.165, 1.54) is 4.31 Å². The maximum Gasteiger partial charge on any atom is 0.279 e. The average Bonchev–Trinajstić information content (AvgIpc) is 2.95. The largest absolute Gasteiger partial charge is 0.396 e. The van der Waals surface area contributed by atoms with Crippen LogP contribution in [0.1, 0.15) is 32.6 Å². The van der Waals surface area contributed by atoms with Crippen LogP contribution in [0, 0.1) is 5.92 Å². The second kappa shape index (κ2) is 4.25. The molecule has 0 spiro atoms. The molecule has 1 aliphatic carbocycles. The normalized spacial score (nSPS) is 30.2. The Kier molecular flexibility index (Phi) is 3.27. The van der Waals surface area contributed by atoms with Gasteiger partial charge in [-0.05, 0) is 38.5 Å². The van der Waals surface area contributed by atoms with E-state index in [0.717, 1.165) is 25.7 Å². The van der Waals surface area contributed by atoms with Crippen LogP contribution in [0.2, 0.25) is 0 Å².